The summed E-state index contributed by atoms with van der Waals surface area (Å²) in [5, 5.41) is 6.51. The second-order valence-electron chi connectivity index (χ2n) is 4.83. The Labute approximate surface area is 85.6 Å². The van der Waals surface area contributed by atoms with Gasteiger partial charge in [-0.2, -0.15) is 0 Å². The van der Waals surface area contributed by atoms with Gasteiger partial charge in [0.25, 0.3) is 0 Å². The molecule has 3 heteroatoms. The maximum absolute atomic E-state index is 11.3. The van der Waals surface area contributed by atoms with Crippen molar-refractivity contribution in [2.24, 2.45) is 5.92 Å². The standard InChI is InChI=1S/C11H20N2O/c1-8-5-10(6-8)13-9-3-2-4-12-11(14)7-9/h8-10,13H,2-7H2,1H3,(H,12,14). The fourth-order valence-corrected chi connectivity index (χ4v) is 2.49. The molecule has 2 N–H and O–H groups in total. The first-order chi connectivity index (χ1) is 6.74. The van der Waals surface area contributed by atoms with Crippen LogP contribution in [0.3, 0.4) is 0 Å². The first-order valence-electron chi connectivity index (χ1n) is 5.77. The number of carbonyl (C=O) groups excluding carboxylic acids is 1. The van der Waals surface area contributed by atoms with Crippen molar-refractivity contribution in [2.45, 2.75) is 51.1 Å². The Morgan fingerprint density at radius 1 is 1.36 bits per heavy atom. The lowest BCUT2D eigenvalue weighted by atomic mass is 9.81. The van der Waals surface area contributed by atoms with E-state index in [1.807, 2.05) is 0 Å². The van der Waals surface area contributed by atoms with Gasteiger partial charge >= 0.3 is 0 Å². The minimum atomic E-state index is 0.215. The van der Waals surface area contributed by atoms with Gasteiger partial charge in [-0.05, 0) is 31.6 Å². The van der Waals surface area contributed by atoms with Crippen LogP contribution in [0, 0.1) is 5.92 Å². The molecule has 1 aliphatic heterocycles. The number of amides is 1. The summed E-state index contributed by atoms with van der Waals surface area (Å²) in [7, 11) is 0. The van der Waals surface area contributed by atoms with Gasteiger partial charge in [0.05, 0.1) is 0 Å². The zero-order valence-corrected chi connectivity index (χ0v) is 8.88. The third kappa shape index (κ3) is 2.47. The van der Waals surface area contributed by atoms with Gasteiger partial charge in [0, 0.05) is 25.0 Å². The number of nitrogens with one attached hydrogen (secondary N) is 2. The number of rotatable bonds is 2. The largest absolute Gasteiger partial charge is 0.356 e. The van der Waals surface area contributed by atoms with Crippen LogP contribution in [0.25, 0.3) is 0 Å². The fourth-order valence-electron chi connectivity index (χ4n) is 2.49. The van der Waals surface area contributed by atoms with Crippen molar-refractivity contribution in [1.29, 1.82) is 0 Å². The van der Waals surface area contributed by atoms with Crippen LogP contribution in [0.2, 0.25) is 0 Å². The molecule has 1 unspecified atom stereocenters. The highest BCUT2D eigenvalue weighted by Crippen LogP contribution is 2.27. The molecule has 0 bridgehead atoms. The lowest BCUT2D eigenvalue weighted by Gasteiger charge is -2.36. The normalized spacial score (nSPS) is 38.4. The van der Waals surface area contributed by atoms with Gasteiger partial charge in [-0.15, -0.1) is 0 Å². The molecule has 0 aromatic carbocycles. The van der Waals surface area contributed by atoms with Crippen LogP contribution >= 0.6 is 0 Å². The van der Waals surface area contributed by atoms with Crippen LogP contribution in [0.5, 0.6) is 0 Å². The predicted molar refractivity (Wildman–Crippen MR) is 56.0 cm³/mol. The first-order valence-corrected chi connectivity index (χ1v) is 5.77. The van der Waals surface area contributed by atoms with Crippen LogP contribution in [-0.2, 0) is 4.79 Å². The Bertz CT molecular complexity index is 211. The summed E-state index contributed by atoms with van der Waals surface area (Å²) in [4.78, 5) is 11.3. The second kappa shape index (κ2) is 4.30. The fraction of sp³-hybridized carbons (Fsp3) is 0.909. The summed E-state index contributed by atoms with van der Waals surface area (Å²) in [6, 6.07) is 1.11. The number of hydrogen-bond acceptors (Lipinski definition) is 2. The number of carbonyl (C=O) groups is 1. The molecule has 2 fully saturated rings. The van der Waals surface area contributed by atoms with Crippen molar-refractivity contribution in [1.82, 2.24) is 10.6 Å². The lowest BCUT2D eigenvalue weighted by molar-refractivity contribution is -0.121. The molecule has 1 saturated carbocycles. The monoisotopic (exact) mass is 196 g/mol. The molecule has 14 heavy (non-hydrogen) atoms. The van der Waals surface area contributed by atoms with Gasteiger partial charge in [-0.3, -0.25) is 4.79 Å². The van der Waals surface area contributed by atoms with E-state index in [1.54, 1.807) is 0 Å². The highest BCUT2D eigenvalue weighted by Gasteiger charge is 2.28. The lowest BCUT2D eigenvalue weighted by Crippen LogP contribution is -2.46. The minimum absolute atomic E-state index is 0.215. The summed E-state index contributed by atoms with van der Waals surface area (Å²) >= 11 is 0. The molecule has 0 aromatic heterocycles. The molecule has 1 amide bonds. The maximum atomic E-state index is 11.3. The third-order valence-electron chi connectivity index (χ3n) is 3.33. The average Bonchev–Trinajstić information content (AvgIpc) is 2.27. The molecular weight excluding hydrogens is 176 g/mol. The molecule has 1 atom stereocenters. The average molecular weight is 196 g/mol. The molecule has 3 nitrogen and oxygen atoms in total. The van der Waals surface area contributed by atoms with E-state index in [2.05, 4.69) is 17.6 Å². The summed E-state index contributed by atoms with van der Waals surface area (Å²) in [5.74, 6) is 1.10. The van der Waals surface area contributed by atoms with E-state index >= 15 is 0 Å². The Balaban J connectivity index is 1.75. The zero-order valence-electron chi connectivity index (χ0n) is 8.88. The quantitative estimate of drug-likeness (QED) is 0.693. The zero-order chi connectivity index (χ0) is 9.97. The van der Waals surface area contributed by atoms with Crippen molar-refractivity contribution in [2.75, 3.05) is 6.54 Å². The first kappa shape index (κ1) is 9.97. The minimum Gasteiger partial charge on any atom is -0.356 e. The summed E-state index contributed by atoms with van der Waals surface area (Å²) in [5.41, 5.74) is 0. The molecule has 1 saturated heterocycles. The van der Waals surface area contributed by atoms with Gasteiger partial charge < -0.3 is 10.6 Å². The molecular formula is C11H20N2O. The Morgan fingerprint density at radius 3 is 2.86 bits per heavy atom. The Hall–Kier alpha value is -0.570. The van der Waals surface area contributed by atoms with Crippen molar-refractivity contribution in [3.05, 3.63) is 0 Å². The van der Waals surface area contributed by atoms with E-state index in [-0.39, 0.29) is 5.91 Å². The Kier molecular flexibility index (Phi) is 3.06. The molecule has 0 aromatic rings. The van der Waals surface area contributed by atoms with Crippen LogP contribution in [0.4, 0.5) is 0 Å². The molecule has 0 spiro atoms. The molecule has 1 aliphatic carbocycles. The van der Waals surface area contributed by atoms with E-state index in [1.165, 1.54) is 12.8 Å². The SMILES string of the molecule is CC1CC(NC2CCCNC(=O)C2)C1. The molecule has 0 radical (unpaired) electrons. The Morgan fingerprint density at radius 2 is 2.14 bits per heavy atom. The van der Waals surface area contributed by atoms with Gasteiger partial charge in [-0.25, -0.2) is 0 Å². The molecule has 2 aliphatic rings. The van der Waals surface area contributed by atoms with E-state index in [4.69, 9.17) is 0 Å². The summed E-state index contributed by atoms with van der Waals surface area (Å²) in [6.07, 6.45) is 5.51. The van der Waals surface area contributed by atoms with Crippen molar-refractivity contribution in [3.63, 3.8) is 0 Å². The molecule has 80 valence electrons. The van der Waals surface area contributed by atoms with Crippen LogP contribution in [0.1, 0.15) is 39.0 Å². The maximum Gasteiger partial charge on any atom is 0.221 e. The van der Waals surface area contributed by atoms with Gasteiger partial charge in [0.15, 0.2) is 0 Å². The number of hydrogen-bond donors (Lipinski definition) is 2. The summed E-state index contributed by atoms with van der Waals surface area (Å²) in [6.45, 7) is 3.15. The van der Waals surface area contributed by atoms with E-state index in [0.717, 1.165) is 25.3 Å². The van der Waals surface area contributed by atoms with Crippen LogP contribution in [0.15, 0.2) is 0 Å². The van der Waals surface area contributed by atoms with Gasteiger partial charge in [0.2, 0.25) is 5.91 Å². The van der Waals surface area contributed by atoms with Crippen LogP contribution in [-0.4, -0.2) is 24.5 Å². The molecule has 1 heterocycles. The van der Waals surface area contributed by atoms with E-state index in [9.17, 15) is 4.79 Å². The third-order valence-corrected chi connectivity index (χ3v) is 3.33. The van der Waals surface area contributed by atoms with E-state index < -0.39 is 0 Å². The highest BCUT2D eigenvalue weighted by molar-refractivity contribution is 5.76. The topological polar surface area (TPSA) is 41.1 Å². The van der Waals surface area contributed by atoms with Crippen molar-refractivity contribution >= 4 is 5.91 Å². The predicted octanol–water partition coefficient (Wildman–Crippen LogP) is 1.04. The molecule has 2 rings (SSSR count). The highest BCUT2D eigenvalue weighted by atomic mass is 16.1. The van der Waals surface area contributed by atoms with Crippen molar-refractivity contribution < 1.29 is 4.79 Å². The van der Waals surface area contributed by atoms with Crippen molar-refractivity contribution in [3.8, 4) is 0 Å². The second-order valence-corrected chi connectivity index (χ2v) is 4.83. The van der Waals surface area contributed by atoms with E-state index in [0.29, 0.717) is 18.5 Å². The van der Waals surface area contributed by atoms with Gasteiger partial charge in [0.1, 0.15) is 0 Å². The van der Waals surface area contributed by atoms with Gasteiger partial charge in [-0.1, -0.05) is 6.92 Å². The smallest absolute Gasteiger partial charge is 0.221 e. The van der Waals surface area contributed by atoms with Crippen LogP contribution < -0.4 is 10.6 Å². The summed E-state index contributed by atoms with van der Waals surface area (Å²) < 4.78 is 0.